The van der Waals surface area contributed by atoms with Crippen LogP contribution in [0.5, 0.6) is 0 Å². The number of hydrogen-bond acceptors (Lipinski definition) is 3. The lowest BCUT2D eigenvalue weighted by molar-refractivity contribution is 0.117. The van der Waals surface area contributed by atoms with Crippen LogP contribution >= 0.6 is 38.9 Å². The van der Waals surface area contributed by atoms with Crippen molar-refractivity contribution in [1.29, 1.82) is 0 Å². The third kappa shape index (κ3) is 3.48. The van der Waals surface area contributed by atoms with E-state index in [4.69, 9.17) is 16.3 Å². The zero-order chi connectivity index (χ0) is 13.1. The molecule has 1 aromatic heterocycles. The Morgan fingerprint density at radius 3 is 2.94 bits per heavy atom. The molecule has 1 aromatic rings. The van der Waals surface area contributed by atoms with E-state index >= 15 is 0 Å². The predicted molar refractivity (Wildman–Crippen MR) is 81.6 cm³/mol. The van der Waals surface area contributed by atoms with Crippen LogP contribution in [0.4, 0.5) is 0 Å². The van der Waals surface area contributed by atoms with Crippen LogP contribution in [0.15, 0.2) is 9.85 Å². The number of rotatable bonds is 5. The fourth-order valence-electron chi connectivity index (χ4n) is 2.40. The van der Waals surface area contributed by atoms with E-state index in [2.05, 4.69) is 41.2 Å². The Bertz CT molecular complexity index is 379. The highest BCUT2D eigenvalue weighted by Gasteiger charge is 2.31. The van der Waals surface area contributed by atoms with Gasteiger partial charge in [0.1, 0.15) is 0 Å². The third-order valence-corrected chi connectivity index (χ3v) is 5.84. The van der Waals surface area contributed by atoms with Crippen LogP contribution in [0.3, 0.4) is 0 Å². The number of nitrogens with one attached hydrogen (secondary N) is 1. The van der Waals surface area contributed by atoms with Gasteiger partial charge in [-0.05, 0) is 48.3 Å². The van der Waals surface area contributed by atoms with Crippen molar-refractivity contribution in [2.45, 2.75) is 38.8 Å². The second-order valence-electron chi connectivity index (χ2n) is 4.84. The number of halogens is 2. The molecule has 5 heteroatoms. The monoisotopic (exact) mass is 351 g/mol. The van der Waals surface area contributed by atoms with Crippen LogP contribution in [0.1, 0.15) is 37.6 Å². The maximum atomic E-state index is 6.15. The summed E-state index contributed by atoms with van der Waals surface area (Å²) in [7, 11) is 0. The van der Waals surface area contributed by atoms with Crippen molar-refractivity contribution in [2.75, 3.05) is 13.2 Å². The van der Waals surface area contributed by atoms with Gasteiger partial charge in [-0.3, -0.25) is 0 Å². The minimum Gasteiger partial charge on any atom is -0.378 e. The molecular formula is C13H19BrClNOS. The zero-order valence-corrected chi connectivity index (χ0v) is 13.9. The quantitative estimate of drug-likeness (QED) is 0.834. The van der Waals surface area contributed by atoms with E-state index in [9.17, 15) is 0 Å². The number of hydrogen-bond donors (Lipinski definition) is 1. The van der Waals surface area contributed by atoms with Crippen molar-refractivity contribution in [1.82, 2.24) is 5.32 Å². The van der Waals surface area contributed by atoms with Gasteiger partial charge in [0.15, 0.2) is 0 Å². The maximum Gasteiger partial charge on any atom is 0.0887 e. The fourth-order valence-corrected chi connectivity index (χ4v) is 4.31. The molecule has 2 heterocycles. The molecule has 0 amide bonds. The molecule has 1 saturated heterocycles. The summed E-state index contributed by atoms with van der Waals surface area (Å²) in [4.78, 5) is 1.31. The second kappa shape index (κ2) is 6.71. The molecule has 1 N–H and O–H groups in total. The van der Waals surface area contributed by atoms with Gasteiger partial charge in [-0.15, -0.1) is 11.3 Å². The fraction of sp³-hybridized carbons (Fsp3) is 0.692. The minimum atomic E-state index is 0.365. The molecule has 2 rings (SSSR count). The highest BCUT2D eigenvalue weighted by molar-refractivity contribution is 9.11. The third-order valence-electron chi connectivity index (χ3n) is 3.29. The van der Waals surface area contributed by atoms with E-state index in [-0.39, 0.29) is 0 Å². The van der Waals surface area contributed by atoms with Crippen molar-refractivity contribution in [2.24, 2.45) is 5.92 Å². The van der Waals surface area contributed by atoms with Gasteiger partial charge in [-0.25, -0.2) is 0 Å². The molecular weight excluding hydrogens is 334 g/mol. The van der Waals surface area contributed by atoms with E-state index in [1.807, 2.05) is 0 Å². The van der Waals surface area contributed by atoms with Crippen LogP contribution in [0.2, 0.25) is 5.02 Å². The molecule has 1 fully saturated rings. The van der Waals surface area contributed by atoms with Crippen molar-refractivity contribution in [3.8, 4) is 0 Å². The Morgan fingerprint density at radius 1 is 1.67 bits per heavy atom. The summed E-state index contributed by atoms with van der Waals surface area (Å²) in [6.07, 6.45) is 2.63. The molecule has 18 heavy (non-hydrogen) atoms. The van der Waals surface area contributed by atoms with Gasteiger partial charge in [0.25, 0.3) is 0 Å². The Balaban J connectivity index is 2.13. The van der Waals surface area contributed by atoms with Crippen LogP contribution < -0.4 is 5.32 Å². The smallest absolute Gasteiger partial charge is 0.0887 e. The van der Waals surface area contributed by atoms with Gasteiger partial charge in [0, 0.05) is 16.8 Å². The van der Waals surface area contributed by atoms with Gasteiger partial charge >= 0.3 is 0 Å². The molecule has 1 aliphatic heterocycles. The lowest BCUT2D eigenvalue weighted by atomic mass is 9.95. The van der Waals surface area contributed by atoms with E-state index in [1.165, 1.54) is 4.88 Å². The summed E-state index contributed by atoms with van der Waals surface area (Å²) in [5.41, 5.74) is 0. The lowest BCUT2D eigenvalue weighted by Gasteiger charge is -2.22. The van der Waals surface area contributed by atoms with Gasteiger partial charge < -0.3 is 10.1 Å². The van der Waals surface area contributed by atoms with Crippen molar-refractivity contribution < 1.29 is 4.74 Å². The molecule has 3 atom stereocenters. The summed E-state index contributed by atoms with van der Waals surface area (Å²) in [6.45, 7) is 6.21. The predicted octanol–water partition coefficient (Wildman–Crippen LogP) is 4.63. The molecule has 0 radical (unpaired) electrons. The first-order valence-corrected chi connectivity index (χ1v) is 8.40. The van der Waals surface area contributed by atoms with Crippen LogP contribution in [0.25, 0.3) is 0 Å². The molecule has 0 aliphatic carbocycles. The first kappa shape index (κ1) is 14.8. The Kier molecular flexibility index (Phi) is 5.51. The minimum absolute atomic E-state index is 0.365. The molecule has 1 aliphatic rings. The summed E-state index contributed by atoms with van der Waals surface area (Å²) < 4.78 is 6.73. The second-order valence-corrected chi connectivity index (χ2v) is 7.65. The van der Waals surface area contributed by atoms with Crippen molar-refractivity contribution in [3.63, 3.8) is 0 Å². The molecule has 2 nitrogen and oxygen atoms in total. The van der Waals surface area contributed by atoms with Gasteiger partial charge in [-0.2, -0.15) is 0 Å². The topological polar surface area (TPSA) is 21.3 Å². The summed E-state index contributed by atoms with van der Waals surface area (Å²) >= 11 is 11.4. The number of ether oxygens (including phenoxy) is 1. The SMILES string of the molecule is CCCNC(c1cc(Cl)c(Br)s1)C1COC(C)C1. The molecule has 3 unspecified atom stereocenters. The molecule has 0 bridgehead atoms. The maximum absolute atomic E-state index is 6.15. The Labute approximate surface area is 126 Å². The molecule has 0 spiro atoms. The van der Waals surface area contributed by atoms with E-state index in [1.54, 1.807) is 11.3 Å². The molecule has 0 saturated carbocycles. The lowest BCUT2D eigenvalue weighted by Crippen LogP contribution is -2.28. The van der Waals surface area contributed by atoms with Crippen LogP contribution in [0, 0.1) is 5.92 Å². The highest BCUT2D eigenvalue weighted by atomic mass is 79.9. The summed E-state index contributed by atoms with van der Waals surface area (Å²) in [6, 6.07) is 2.44. The standard InChI is InChI=1S/C13H19BrClNOS/c1-3-4-16-12(9-5-8(2)17-7-9)11-6-10(15)13(14)18-11/h6,8-9,12,16H,3-5,7H2,1-2H3. The van der Waals surface area contributed by atoms with Crippen LogP contribution in [-0.4, -0.2) is 19.3 Å². The molecule has 0 aromatic carbocycles. The average molecular weight is 353 g/mol. The van der Waals surface area contributed by atoms with Crippen molar-refractivity contribution >= 4 is 38.9 Å². The molecule has 102 valence electrons. The first-order chi connectivity index (χ1) is 8.61. The first-order valence-electron chi connectivity index (χ1n) is 6.41. The summed E-state index contributed by atoms with van der Waals surface area (Å²) in [5, 5.41) is 4.45. The van der Waals surface area contributed by atoms with Gasteiger partial charge in [-0.1, -0.05) is 18.5 Å². The normalized spacial score (nSPS) is 25.6. The van der Waals surface area contributed by atoms with Crippen LogP contribution in [-0.2, 0) is 4.74 Å². The highest BCUT2D eigenvalue weighted by Crippen LogP contribution is 2.40. The van der Waals surface area contributed by atoms with Gasteiger partial charge in [0.05, 0.1) is 21.5 Å². The summed E-state index contributed by atoms with van der Waals surface area (Å²) in [5.74, 6) is 0.549. The average Bonchev–Trinajstić information content (AvgIpc) is 2.88. The zero-order valence-electron chi connectivity index (χ0n) is 10.7. The van der Waals surface area contributed by atoms with E-state index in [0.29, 0.717) is 18.1 Å². The van der Waals surface area contributed by atoms with Crippen molar-refractivity contribution in [3.05, 3.63) is 19.8 Å². The number of thiophene rings is 1. The van der Waals surface area contributed by atoms with E-state index < -0.39 is 0 Å². The van der Waals surface area contributed by atoms with E-state index in [0.717, 1.165) is 34.8 Å². The van der Waals surface area contributed by atoms with Gasteiger partial charge in [0.2, 0.25) is 0 Å². The largest absolute Gasteiger partial charge is 0.378 e. The Morgan fingerprint density at radius 2 is 2.44 bits per heavy atom. The Hall–Kier alpha value is 0.390.